The first-order valence-corrected chi connectivity index (χ1v) is 12.6. The Kier molecular flexibility index (Phi) is 24.1. The van der Waals surface area contributed by atoms with E-state index in [0.717, 1.165) is 38.5 Å². The van der Waals surface area contributed by atoms with Crippen molar-refractivity contribution >= 4 is 5.97 Å². The Labute approximate surface area is 187 Å². The largest absolute Gasteiger partial charge is 0.466 e. The van der Waals surface area contributed by atoms with Crippen LogP contribution in [0.5, 0.6) is 0 Å². The molecule has 0 aliphatic rings. The molecule has 0 spiro atoms. The van der Waals surface area contributed by atoms with Gasteiger partial charge in [0, 0.05) is 6.42 Å². The summed E-state index contributed by atoms with van der Waals surface area (Å²) in [5, 5.41) is 0. The van der Waals surface area contributed by atoms with Gasteiger partial charge in [0.25, 0.3) is 0 Å². The molecule has 30 heavy (non-hydrogen) atoms. The number of rotatable bonds is 21. The standard InChI is InChI=1S/C28H48O2/c1-3-5-7-9-11-12-13-14-15-16-17-18-19-20-21-22-24-26-28(29)30-27-25-23-10-8-6-4-2/h11-12,14-15,17-18,20-21H,3-10,13,16,19,22-27H2,1-2H3/b12-11+,15-14+,18-17+,21-20+. The lowest BCUT2D eigenvalue weighted by atomic mass is 10.1. The van der Waals surface area contributed by atoms with Crippen LogP contribution in [0.4, 0.5) is 0 Å². The van der Waals surface area contributed by atoms with Gasteiger partial charge in [-0.3, -0.25) is 4.79 Å². The summed E-state index contributed by atoms with van der Waals surface area (Å²) in [5.41, 5.74) is 0. The molecule has 0 fully saturated rings. The average molecular weight is 417 g/mol. The van der Waals surface area contributed by atoms with Crippen molar-refractivity contribution in [1.29, 1.82) is 0 Å². The van der Waals surface area contributed by atoms with Crippen molar-refractivity contribution in [3.05, 3.63) is 48.6 Å². The third-order valence-corrected chi connectivity index (χ3v) is 4.97. The van der Waals surface area contributed by atoms with Gasteiger partial charge in [0.1, 0.15) is 0 Å². The number of carbonyl (C=O) groups is 1. The molecule has 172 valence electrons. The van der Waals surface area contributed by atoms with Crippen LogP contribution in [0.25, 0.3) is 0 Å². The van der Waals surface area contributed by atoms with Crippen LogP contribution in [-0.4, -0.2) is 12.6 Å². The summed E-state index contributed by atoms with van der Waals surface area (Å²) >= 11 is 0. The van der Waals surface area contributed by atoms with Crippen LogP contribution in [0.3, 0.4) is 0 Å². The summed E-state index contributed by atoms with van der Waals surface area (Å²) in [4.78, 5) is 11.7. The summed E-state index contributed by atoms with van der Waals surface area (Å²) in [6, 6.07) is 0. The Morgan fingerprint density at radius 1 is 0.567 bits per heavy atom. The number of hydrogen-bond acceptors (Lipinski definition) is 2. The predicted molar refractivity (Wildman–Crippen MR) is 133 cm³/mol. The number of esters is 1. The highest BCUT2D eigenvalue weighted by molar-refractivity contribution is 5.69. The van der Waals surface area contributed by atoms with Crippen LogP contribution < -0.4 is 0 Å². The summed E-state index contributed by atoms with van der Waals surface area (Å²) in [5.74, 6) is -0.0422. The van der Waals surface area contributed by atoms with Gasteiger partial charge < -0.3 is 4.74 Å². The molecule has 0 unspecified atom stereocenters. The number of hydrogen-bond donors (Lipinski definition) is 0. The lowest BCUT2D eigenvalue weighted by Gasteiger charge is -2.04. The molecule has 0 saturated heterocycles. The summed E-state index contributed by atoms with van der Waals surface area (Å²) in [6.07, 6.45) is 35.7. The molecule has 0 aromatic rings. The fraction of sp³-hybridized carbons (Fsp3) is 0.679. The van der Waals surface area contributed by atoms with E-state index in [1.54, 1.807) is 0 Å². The topological polar surface area (TPSA) is 26.3 Å². The van der Waals surface area contributed by atoms with Gasteiger partial charge in [-0.1, -0.05) is 107 Å². The van der Waals surface area contributed by atoms with Crippen LogP contribution >= 0.6 is 0 Å². The number of ether oxygens (including phenoxy) is 1. The Bertz CT molecular complexity index is 471. The van der Waals surface area contributed by atoms with Gasteiger partial charge in [0.05, 0.1) is 6.61 Å². The summed E-state index contributed by atoms with van der Waals surface area (Å²) in [7, 11) is 0. The molecule has 0 saturated carbocycles. The second kappa shape index (κ2) is 25.5. The maximum absolute atomic E-state index is 11.7. The van der Waals surface area contributed by atoms with Crippen molar-refractivity contribution in [2.24, 2.45) is 0 Å². The molecule has 0 rings (SSSR count). The molecule has 0 heterocycles. The quantitative estimate of drug-likeness (QED) is 0.106. The fourth-order valence-corrected chi connectivity index (χ4v) is 3.07. The van der Waals surface area contributed by atoms with Gasteiger partial charge in [-0.25, -0.2) is 0 Å². The minimum atomic E-state index is -0.0422. The SMILES string of the molecule is CCCCC/C=C/C/C=C/C/C=C/C/C=C/CCCC(=O)OCCCCCCCC. The lowest BCUT2D eigenvalue weighted by molar-refractivity contribution is -0.143. The zero-order valence-electron chi connectivity index (χ0n) is 20.0. The molecule has 0 atom stereocenters. The lowest BCUT2D eigenvalue weighted by Crippen LogP contribution is -2.05. The first-order chi connectivity index (χ1) is 14.8. The number of unbranched alkanes of at least 4 members (excludes halogenated alkanes) is 9. The van der Waals surface area contributed by atoms with E-state index in [4.69, 9.17) is 4.74 Å². The number of allylic oxidation sites excluding steroid dienone is 8. The van der Waals surface area contributed by atoms with Gasteiger partial charge in [0.2, 0.25) is 0 Å². The van der Waals surface area contributed by atoms with Crippen LogP contribution in [0.2, 0.25) is 0 Å². The van der Waals surface area contributed by atoms with Gasteiger partial charge in [-0.2, -0.15) is 0 Å². The molecule has 0 aromatic carbocycles. The molecule has 0 aliphatic heterocycles. The van der Waals surface area contributed by atoms with Crippen molar-refractivity contribution < 1.29 is 9.53 Å². The summed E-state index contributed by atoms with van der Waals surface area (Å²) < 4.78 is 5.29. The highest BCUT2D eigenvalue weighted by Crippen LogP contribution is 2.06. The first kappa shape index (κ1) is 28.4. The van der Waals surface area contributed by atoms with E-state index < -0.39 is 0 Å². The third kappa shape index (κ3) is 24.5. The Morgan fingerprint density at radius 3 is 1.63 bits per heavy atom. The monoisotopic (exact) mass is 416 g/mol. The van der Waals surface area contributed by atoms with E-state index >= 15 is 0 Å². The van der Waals surface area contributed by atoms with Crippen molar-refractivity contribution in [2.45, 2.75) is 117 Å². The molecule has 0 aliphatic carbocycles. The fourth-order valence-electron chi connectivity index (χ4n) is 3.07. The normalized spacial score (nSPS) is 12.2. The van der Waals surface area contributed by atoms with E-state index in [1.165, 1.54) is 57.8 Å². The third-order valence-electron chi connectivity index (χ3n) is 4.97. The minimum Gasteiger partial charge on any atom is -0.466 e. The van der Waals surface area contributed by atoms with Gasteiger partial charge in [-0.05, 0) is 51.4 Å². The Morgan fingerprint density at radius 2 is 1.03 bits per heavy atom. The van der Waals surface area contributed by atoms with E-state index in [9.17, 15) is 4.79 Å². The summed E-state index contributed by atoms with van der Waals surface area (Å²) in [6.45, 7) is 5.06. The average Bonchev–Trinajstić information content (AvgIpc) is 2.75. The van der Waals surface area contributed by atoms with Gasteiger partial charge in [0.15, 0.2) is 0 Å². The van der Waals surface area contributed by atoms with Crippen LogP contribution in [0.15, 0.2) is 48.6 Å². The van der Waals surface area contributed by atoms with E-state index in [1.807, 2.05) is 0 Å². The predicted octanol–water partition coefficient (Wildman–Crippen LogP) is 9.04. The van der Waals surface area contributed by atoms with Crippen molar-refractivity contribution in [3.63, 3.8) is 0 Å². The molecule has 0 bridgehead atoms. The van der Waals surface area contributed by atoms with E-state index in [-0.39, 0.29) is 5.97 Å². The molecule has 0 radical (unpaired) electrons. The van der Waals surface area contributed by atoms with Crippen LogP contribution in [0.1, 0.15) is 117 Å². The molecule has 0 aromatic heterocycles. The zero-order chi connectivity index (χ0) is 22.0. The van der Waals surface area contributed by atoms with Gasteiger partial charge in [-0.15, -0.1) is 0 Å². The van der Waals surface area contributed by atoms with Crippen LogP contribution in [-0.2, 0) is 9.53 Å². The first-order valence-electron chi connectivity index (χ1n) is 12.6. The molecule has 2 nitrogen and oxygen atoms in total. The Balaban J connectivity index is 3.43. The van der Waals surface area contributed by atoms with E-state index in [0.29, 0.717) is 13.0 Å². The molecule has 2 heteroatoms. The molecular weight excluding hydrogens is 368 g/mol. The minimum absolute atomic E-state index is 0.0422. The zero-order valence-corrected chi connectivity index (χ0v) is 20.0. The van der Waals surface area contributed by atoms with E-state index in [2.05, 4.69) is 62.5 Å². The van der Waals surface area contributed by atoms with Gasteiger partial charge >= 0.3 is 5.97 Å². The highest BCUT2D eigenvalue weighted by Gasteiger charge is 2.01. The highest BCUT2D eigenvalue weighted by atomic mass is 16.5. The number of carbonyl (C=O) groups excluding carboxylic acids is 1. The second-order valence-corrected chi connectivity index (χ2v) is 7.97. The smallest absolute Gasteiger partial charge is 0.305 e. The van der Waals surface area contributed by atoms with Crippen molar-refractivity contribution in [3.8, 4) is 0 Å². The van der Waals surface area contributed by atoms with Crippen LogP contribution in [0, 0.1) is 0 Å². The molecule has 0 N–H and O–H groups in total. The second-order valence-electron chi connectivity index (χ2n) is 7.97. The van der Waals surface area contributed by atoms with Crippen molar-refractivity contribution in [1.82, 2.24) is 0 Å². The van der Waals surface area contributed by atoms with Crippen molar-refractivity contribution in [2.75, 3.05) is 6.61 Å². The molecule has 0 amide bonds. The maximum atomic E-state index is 11.7. The maximum Gasteiger partial charge on any atom is 0.305 e. The Hall–Kier alpha value is -1.57. The molecular formula is C28H48O2.